The molecule has 1 atom stereocenters. The Morgan fingerprint density at radius 2 is 1.94 bits per heavy atom. The van der Waals surface area contributed by atoms with Crippen LogP contribution in [0.25, 0.3) is 0 Å². The van der Waals surface area contributed by atoms with Crippen LogP contribution >= 0.6 is 12.2 Å². The number of aliphatic carboxylic acids is 1. The second-order valence-electron chi connectivity index (χ2n) is 5.11. The van der Waals surface area contributed by atoms with Gasteiger partial charge in [-0.3, -0.25) is 4.79 Å². The zero-order chi connectivity index (χ0) is 13.7. The van der Waals surface area contributed by atoms with Gasteiger partial charge in [-0.1, -0.05) is 32.0 Å². The smallest absolute Gasteiger partial charge is 0.323 e. The van der Waals surface area contributed by atoms with E-state index in [1.54, 1.807) is 0 Å². The lowest BCUT2D eigenvalue weighted by Crippen LogP contribution is -2.44. The first-order chi connectivity index (χ1) is 8.41. The van der Waals surface area contributed by atoms with Crippen molar-refractivity contribution in [2.75, 3.05) is 6.54 Å². The summed E-state index contributed by atoms with van der Waals surface area (Å²) in [5.74, 6) is -0.830. The van der Waals surface area contributed by atoms with Crippen molar-refractivity contribution in [2.45, 2.75) is 52.0 Å². The van der Waals surface area contributed by atoms with Crippen LogP contribution in [0.2, 0.25) is 0 Å². The minimum atomic E-state index is -0.862. The summed E-state index contributed by atoms with van der Waals surface area (Å²) in [6.07, 6.45) is 4.65. The van der Waals surface area contributed by atoms with Crippen LogP contribution in [-0.2, 0) is 9.59 Å². The number of carbonyl (C=O) groups excluding carboxylic acids is 1. The van der Waals surface area contributed by atoms with Crippen LogP contribution in [0.4, 0.5) is 0 Å². The van der Waals surface area contributed by atoms with Crippen molar-refractivity contribution in [1.82, 2.24) is 4.90 Å². The minimum Gasteiger partial charge on any atom is -0.480 e. The van der Waals surface area contributed by atoms with Crippen LogP contribution < -0.4 is 0 Å². The molecule has 0 radical (unpaired) electrons. The monoisotopic (exact) mass is 271 g/mol. The maximum absolute atomic E-state index is 11.1. The largest absolute Gasteiger partial charge is 0.480 e. The molecular weight excluding hydrogens is 250 g/mol. The Balaban J connectivity index is 2.71. The van der Waals surface area contributed by atoms with Crippen molar-refractivity contribution in [2.24, 2.45) is 5.92 Å². The number of carboxylic acid groups (broad SMARTS) is 1. The molecule has 1 aliphatic rings. The van der Waals surface area contributed by atoms with Crippen LogP contribution in [0.3, 0.4) is 0 Å². The third kappa shape index (κ3) is 4.37. The van der Waals surface area contributed by atoms with Crippen LogP contribution in [-0.4, -0.2) is 39.3 Å². The Kier molecular flexibility index (Phi) is 5.72. The van der Waals surface area contributed by atoms with Gasteiger partial charge >= 0.3 is 5.97 Å². The van der Waals surface area contributed by atoms with Gasteiger partial charge in [0.15, 0.2) is 0 Å². The molecular formula is C13H21NO3S. The van der Waals surface area contributed by atoms with Gasteiger partial charge in [-0.05, 0) is 19.8 Å². The molecule has 5 heteroatoms. The maximum Gasteiger partial charge on any atom is 0.323 e. The number of thiocarbonyl (C=S) groups is 1. The van der Waals surface area contributed by atoms with Crippen molar-refractivity contribution < 1.29 is 14.7 Å². The number of hydrogen-bond donors (Lipinski definition) is 1. The molecule has 0 aromatic carbocycles. The van der Waals surface area contributed by atoms with Crippen molar-refractivity contribution in [1.29, 1.82) is 0 Å². The van der Waals surface area contributed by atoms with Gasteiger partial charge in [0.1, 0.15) is 12.3 Å². The van der Waals surface area contributed by atoms with Gasteiger partial charge in [0.25, 0.3) is 0 Å². The summed E-state index contributed by atoms with van der Waals surface area (Å²) in [4.78, 5) is 24.5. The van der Waals surface area contributed by atoms with E-state index in [1.807, 2.05) is 11.8 Å². The second-order valence-corrected chi connectivity index (χ2v) is 5.52. The highest BCUT2D eigenvalue weighted by Crippen LogP contribution is 2.25. The molecule has 1 aliphatic carbocycles. The van der Waals surface area contributed by atoms with E-state index >= 15 is 0 Å². The van der Waals surface area contributed by atoms with E-state index < -0.39 is 5.97 Å². The molecule has 1 unspecified atom stereocenters. The average molecular weight is 271 g/mol. The Morgan fingerprint density at radius 3 is 2.39 bits per heavy atom. The predicted octanol–water partition coefficient (Wildman–Crippen LogP) is 2.26. The Hall–Kier alpha value is -0.970. The molecule has 1 saturated carbocycles. The summed E-state index contributed by atoms with van der Waals surface area (Å²) in [5.41, 5.74) is 0. The highest BCUT2D eigenvalue weighted by Gasteiger charge is 2.28. The summed E-state index contributed by atoms with van der Waals surface area (Å²) < 4.78 is 0. The van der Waals surface area contributed by atoms with E-state index in [4.69, 9.17) is 17.3 Å². The summed E-state index contributed by atoms with van der Waals surface area (Å²) in [5, 5.41) is 8.99. The fraction of sp³-hybridized carbons (Fsp3) is 0.769. The van der Waals surface area contributed by atoms with Crippen LogP contribution in [0.15, 0.2) is 0 Å². The lowest BCUT2D eigenvalue weighted by atomic mass is 10.0. The van der Waals surface area contributed by atoms with Crippen molar-refractivity contribution in [3.63, 3.8) is 0 Å². The van der Waals surface area contributed by atoms with E-state index in [2.05, 4.69) is 0 Å². The zero-order valence-corrected chi connectivity index (χ0v) is 11.8. The number of rotatable bonds is 6. The van der Waals surface area contributed by atoms with Crippen molar-refractivity contribution in [3.05, 3.63) is 0 Å². The molecule has 102 valence electrons. The fourth-order valence-corrected chi connectivity index (χ4v) is 2.85. The Bertz CT molecular complexity index is 337. The quantitative estimate of drug-likeness (QED) is 0.751. The molecule has 4 nitrogen and oxygen atoms in total. The van der Waals surface area contributed by atoms with E-state index in [0.29, 0.717) is 11.4 Å². The van der Waals surface area contributed by atoms with E-state index in [9.17, 15) is 9.59 Å². The molecule has 18 heavy (non-hydrogen) atoms. The summed E-state index contributed by atoms with van der Waals surface area (Å²) >= 11 is 5.38. The first-order valence-electron chi connectivity index (χ1n) is 6.43. The fourth-order valence-electron chi connectivity index (χ4n) is 2.55. The summed E-state index contributed by atoms with van der Waals surface area (Å²) in [6.45, 7) is 3.38. The third-order valence-corrected chi connectivity index (χ3v) is 4.01. The first kappa shape index (κ1) is 15.1. The topological polar surface area (TPSA) is 57.6 Å². The number of ketones is 1. The zero-order valence-electron chi connectivity index (χ0n) is 11.0. The van der Waals surface area contributed by atoms with Gasteiger partial charge in [-0.25, -0.2) is 0 Å². The second kappa shape index (κ2) is 6.83. The summed E-state index contributed by atoms with van der Waals surface area (Å²) in [7, 11) is 0. The number of nitrogens with zero attached hydrogens (tertiary/aromatic N) is 1. The lowest BCUT2D eigenvalue weighted by molar-refractivity contribution is -0.137. The Morgan fingerprint density at radius 1 is 1.39 bits per heavy atom. The van der Waals surface area contributed by atoms with Gasteiger partial charge in [0, 0.05) is 18.4 Å². The van der Waals surface area contributed by atoms with Gasteiger partial charge in [-0.15, -0.1) is 0 Å². The lowest BCUT2D eigenvalue weighted by Gasteiger charge is -2.32. The SMILES string of the molecule is CC(=O)CC(C)C(=S)N(CC(=O)O)C1CCCC1. The van der Waals surface area contributed by atoms with Crippen molar-refractivity contribution >= 4 is 29.0 Å². The predicted molar refractivity (Wildman–Crippen MR) is 73.7 cm³/mol. The molecule has 1 N–H and O–H groups in total. The molecule has 0 aromatic heterocycles. The van der Waals surface area contributed by atoms with E-state index in [1.165, 1.54) is 6.92 Å². The van der Waals surface area contributed by atoms with Crippen molar-refractivity contribution in [3.8, 4) is 0 Å². The molecule has 0 saturated heterocycles. The van der Waals surface area contributed by atoms with E-state index in [0.717, 1.165) is 25.7 Å². The highest BCUT2D eigenvalue weighted by atomic mass is 32.1. The van der Waals surface area contributed by atoms with Gasteiger partial charge in [-0.2, -0.15) is 0 Å². The molecule has 0 aliphatic heterocycles. The molecule has 0 heterocycles. The molecule has 0 spiro atoms. The highest BCUT2D eigenvalue weighted by molar-refractivity contribution is 7.80. The first-order valence-corrected chi connectivity index (χ1v) is 6.84. The normalized spacial score (nSPS) is 17.4. The van der Waals surface area contributed by atoms with Crippen LogP contribution in [0.1, 0.15) is 46.0 Å². The Labute approximate surface area is 113 Å². The molecule has 1 fully saturated rings. The number of hydrogen-bond acceptors (Lipinski definition) is 3. The third-order valence-electron chi connectivity index (χ3n) is 3.37. The average Bonchev–Trinajstić information content (AvgIpc) is 2.76. The minimum absolute atomic E-state index is 0.0499. The van der Waals surface area contributed by atoms with E-state index in [-0.39, 0.29) is 24.3 Å². The molecule has 0 aromatic rings. The van der Waals surface area contributed by atoms with Gasteiger partial charge in [0.05, 0.1) is 4.99 Å². The van der Waals surface area contributed by atoms with Crippen LogP contribution in [0, 0.1) is 5.92 Å². The number of carbonyl (C=O) groups is 2. The maximum atomic E-state index is 11.1. The standard InChI is InChI=1S/C13H21NO3S/c1-9(7-10(2)15)13(18)14(8-12(16)17)11-5-3-4-6-11/h9,11H,3-8H2,1-2H3,(H,16,17). The van der Waals surface area contributed by atoms with Gasteiger partial charge < -0.3 is 14.8 Å². The van der Waals surface area contributed by atoms with Gasteiger partial charge in [0.2, 0.25) is 0 Å². The van der Waals surface area contributed by atoms with Crippen LogP contribution in [0.5, 0.6) is 0 Å². The number of carboxylic acids is 1. The number of Topliss-reactive ketones (excluding diaryl/α,β-unsaturated/α-hetero) is 1. The molecule has 1 rings (SSSR count). The molecule has 0 amide bonds. The molecule has 0 bridgehead atoms. The summed E-state index contributed by atoms with van der Waals surface area (Å²) in [6, 6.07) is 0.239.